The average molecular weight is 429 g/mol. The summed E-state index contributed by atoms with van der Waals surface area (Å²) in [5, 5.41) is 12.1. The molecule has 23 heavy (non-hydrogen) atoms. The number of anilines is 1. The lowest BCUT2D eigenvalue weighted by atomic mass is 10.1. The monoisotopic (exact) mass is 429 g/mol. The number of carbonyl (C=O) groups excluding carboxylic acids is 1. The first-order valence-electron chi connectivity index (χ1n) is 6.94. The fourth-order valence-electron chi connectivity index (χ4n) is 2.04. The topological polar surface area (TPSA) is 88.8 Å². The quantitative estimate of drug-likeness (QED) is 0.539. The van der Waals surface area contributed by atoms with Crippen LogP contribution in [0.25, 0.3) is 0 Å². The Morgan fingerprint density at radius 3 is 2.52 bits per heavy atom. The summed E-state index contributed by atoms with van der Waals surface area (Å²) < 4.78 is 11.6. The van der Waals surface area contributed by atoms with Crippen LogP contribution in [0.15, 0.2) is 34.7 Å². The molecule has 0 amide bonds. The molecule has 0 bridgehead atoms. The van der Waals surface area contributed by atoms with Gasteiger partial charge in [-0.15, -0.1) is 0 Å². The van der Waals surface area contributed by atoms with Crippen LogP contribution in [0.1, 0.15) is 34.8 Å². The summed E-state index contributed by atoms with van der Waals surface area (Å²) in [5.41, 5.74) is 0.730. The highest BCUT2D eigenvalue weighted by Gasteiger charge is 2.28. The number of hydrogen-bond acceptors (Lipinski definition) is 5. The Kier molecular flexibility index (Phi) is 5.64. The van der Waals surface area contributed by atoms with Crippen molar-refractivity contribution in [1.82, 2.24) is 0 Å². The van der Waals surface area contributed by atoms with Crippen molar-refractivity contribution < 1.29 is 23.8 Å². The second kappa shape index (κ2) is 7.49. The van der Waals surface area contributed by atoms with Crippen molar-refractivity contribution in [2.45, 2.75) is 19.9 Å². The van der Waals surface area contributed by atoms with Crippen LogP contribution >= 0.6 is 22.6 Å². The fourth-order valence-corrected chi connectivity index (χ4v) is 2.40. The van der Waals surface area contributed by atoms with Crippen LogP contribution in [0.2, 0.25) is 0 Å². The molecule has 1 aromatic carbocycles. The van der Waals surface area contributed by atoms with Crippen LogP contribution < -0.4 is 5.32 Å². The summed E-state index contributed by atoms with van der Waals surface area (Å²) in [7, 11) is 0. The van der Waals surface area contributed by atoms with Gasteiger partial charge in [0.2, 0.25) is 0 Å². The van der Waals surface area contributed by atoms with Crippen molar-refractivity contribution in [1.29, 1.82) is 0 Å². The van der Waals surface area contributed by atoms with Gasteiger partial charge in [-0.25, -0.2) is 9.59 Å². The minimum atomic E-state index is -1.10. The molecule has 122 valence electrons. The summed E-state index contributed by atoms with van der Waals surface area (Å²) in [6.07, 6.45) is 0. The van der Waals surface area contributed by atoms with Gasteiger partial charge >= 0.3 is 11.9 Å². The molecular weight excluding hydrogens is 413 g/mol. The lowest BCUT2D eigenvalue weighted by molar-refractivity contribution is -0.144. The van der Waals surface area contributed by atoms with Crippen LogP contribution in [-0.4, -0.2) is 23.7 Å². The highest BCUT2D eigenvalue weighted by Crippen LogP contribution is 2.26. The van der Waals surface area contributed by atoms with E-state index in [2.05, 4.69) is 27.9 Å². The number of halogens is 1. The van der Waals surface area contributed by atoms with Crippen LogP contribution in [0.4, 0.5) is 5.69 Å². The van der Waals surface area contributed by atoms with Crippen LogP contribution in [0, 0.1) is 10.5 Å². The number of carboxylic acid groups (broad SMARTS) is 1. The number of aromatic carboxylic acids is 1. The molecule has 6 nitrogen and oxygen atoms in total. The van der Waals surface area contributed by atoms with Crippen LogP contribution in [0.5, 0.6) is 0 Å². The zero-order valence-corrected chi connectivity index (χ0v) is 14.8. The Morgan fingerprint density at radius 1 is 1.35 bits per heavy atom. The molecule has 0 radical (unpaired) electrons. The van der Waals surface area contributed by atoms with Gasteiger partial charge in [-0.3, -0.25) is 0 Å². The van der Waals surface area contributed by atoms with E-state index in [0.717, 1.165) is 3.57 Å². The number of nitrogens with one attached hydrogen (secondary N) is 1. The molecule has 0 spiro atoms. The lowest BCUT2D eigenvalue weighted by Crippen LogP contribution is -2.23. The zero-order chi connectivity index (χ0) is 17.0. The van der Waals surface area contributed by atoms with Gasteiger partial charge in [0.15, 0.2) is 6.04 Å². The molecule has 1 unspecified atom stereocenters. The van der Waals surface area contributed by atoms with E-state index in [-0.39, 0.29) is 23.7 Å². The van der Waals surface area contributed by atoms with Crippen LogP contribution in [-0.2, 0) is 9.53 Å². The Hall–Kier alpha value is -2.03. The van der Waals surface area contributed by atoms with Gasteiger partial charge in [-0.2, -0.15) is 0 Å². The second-order valence-electron chi connectivity index (χ2n) is 4.76. The fraction of sp³-hybridized carbons (Fsp3) is 0.250. The van der Waals surface area contributed by atoms with Gasteiger partial charge in [-0.1, -0.05) is 0 Å². The third kappa shape index (κ3) is 4.25. The molecule has 1 aromatic heterocycles. The molecule has 0 aliphatic heterocycles. The van der Waals surface area contributed by atoms with E-state index in [1.54, 1.807) is 13.8 Å². The largest absolute Gasteiger partial charge is 0.478 e. The summed E-state index contributed by atoms with van der Waals surface area (Å²) in [5.74, 6) is -1.19. The molecule has 2 aromatic rings. The maximum atomic E-state index is 12.2. The maximum absolute atomic E-state index is 12.2. The van der Waals surface area contributed by atoms with Gasteiger partial charge in [0.1, 0.15) is 17.1 Å². The van der Waals surface area contributed by atoms with Gasteiger partial charge in [0, 0.05) is 9.26 Å². The number of furan rings is 1. The second-order valence-corrected chi connectivity index (χ2v) is 6.01. The van der Waals surface area contributed by atoms with Gasteiger partial charge < -0.3 is 19.6 Å². The first-order chi connectivity index (χ1) is 10.9. The molecule has 0 aliphatic carbocycles. The molecule has 0 fully saturated rings. The molecule has 1 atom stereocenters. The highest BCUT2D eigenvalue weighted by molar-refractivity contribution is 14.1. The molecule has 2 N–H and O–H groups in total. The van der Waals surface area contributed by atoms with Crippen molar-refractivity contribution >= 4 is 40.2 Å². The minimum Gasteiger partial charge on any atom is -0.478 e. The Bertz CT molecular complexity index is 708. The van der Waals surface area contributed by atoms with Crippen molar-refractivity contribution in [2.75, 3.05) is 11.9 Å². The maximum Gasteiger partial charge on any atom is 0.339 e. The van der Waals surface area contributed by atoms with Gasteiger partial charge in [-0.05, 0) is 66.8 Å². The number of hydrogen-bond donors (Lipinski definition) is 2. The zero-order valence-electron chi connectivity index (χ0n) is 12.6. The van der Waals surface area contributed by atoms with Crippen molar-refractivity contribution in [3.63, 3.8) is 0 Å². The number of rotatable bonds is 6. The molecule has 0 saturated heterocycles. The van der Waals surface area contributed by atoms with E-state index >= 15 is 0 Å². The Morgan fingerprint density at radius 2 is 2.00 bits per heavy atom. The van der Waals surface area contributed by atoms with E-state index in [1.807, 2.05) is 24.3 Å². The van der Waals surface area contributed by atoms with Crippen molar-refractivity contribution in [2.24, 2.45) is 0 Å². The molecule has 7 heteroatoms. The van der Waals surface area contributed by atoms with Crippen molar-refractivity contribution in [3.05, 3.63) is 51.0 Å². The van der Waals surface area contributed by atoms with Gasteiger partial charge in [0.05, 0.1) is 6.61 Å². The summed E-state index contributed by atoms with van der Waals surface area (Å²) in [6, 6.07) is 7.85. The number of benzene rings is 1. The van der Waals surface area contributed by atoms with Crippen molar-refractivity contribution in [3.8, 4) is 0 Å². The van der Waals surface area contributed by atoms with Crippen LogP contribution in [0.3, 0.4) is 0 Å². The Labute approximate surface area is 147 Å². The van der Waals surface area contributed by atoms with E-state index in [1.165, 1.54) is 6.07 Å². The minimum absolute atomic E-state index is 0.0266. The standard InChI is InChI=1S/C16H16INO5/c1-3-22-16(21)14(18-11-6-4-10(17)5-7-11)13-8-12(15(19)20)9(2)23-13/h4-8,14,18H,3H2,1-2H3,(H,19,20). The highest BCUT2D eigenvalue weighted by atomic mass is 127. The lowest BCUT2D eigenvalue weighted by Gasteiger charge is -2.16. The number of ether oxygens (including phenoxy) is 1. The first kappa shape index (κ1) is 17.3. The number of carbonyl (C=O) groups is 2. The molecule has 1 heterocycles. The average Bonchev–Trinajstić information content (AvgIpc) is 2.88. The summed E-state index contributed by atoms with van der Waals surface area (Å²) in [6.45, 7) is 3.46. The predicted octanol–water partition coefficient (Wildman–Crippen LogP) is 3.61. The molecular formula is C16H16INO5. The normalized spacial score (nSPS) is 11.8. The van der Waals surface area contributed by atoms with E-state index in [0.29, 0.717) is 5.69 Å². The SMILES string of the molecule is CCOC(=O)C(Nc1ccc(I)cc1)c1cc(C(=O)O)c(C)o1. The summed E-state index contributed by atoms with van der Waals surface area (Å²) >= 11 is 2.18. The van der Waals surface area contributed by atoms with E-state index < -0.39 is 18.0 Å². The predicted molar refractivity (Wildman–Crippen MR) is 92.6 cm³/mol. The Balaban J connectivity index is 2.34. The van der Waals surface area contributed by atoms with E-state index in [4.69, 9.17) is 14.3 Å². The van der Waals surface area contributed by atoms with Gasteiger partial charge in [0.25, 0.3) is 0 Å². The molecule has 0 aliphatic rings. The smallest absolute Gasteiger partial charge is 0.339 e. The molecule has 2 rings (SSSR count). The number of aryl methyl sites for hydroxylation is 1. The third-order valence-corrected chi connectivity index (χ3v) is 3.85. The number of esters is 1. The third-order valence-electron chi connectivity index (χ3n) is 3.13. The van der Waals surface area contributed by atoms with E-state index in [9.17, 15) is 9.59 Å². The molecule has 0 saturated carbocycles. The first-order valence-corrected chi connectivity index (χ1v) is 8.02. The summed E-state index contributed by atoms with van der Waals surface area (Å²) in [4.78, 5) is 23.4. The number of carboxylic acids is 1.